The fraction of sp³-hybridized carbons (Fsp3) is 0.0500. The molecule has 0 spiro atoms. The minimum Gasteiger partial charge on any atom is -0.435 e. The van der Waals surface area contributed by atoms with Crippen LogP contribution in [0.5, 0.6) is 5.75 Å². The Kier molecular flexibility index (Phi) is 4.31. The molecule has 0 amide bonds. The van der Waals surface area contributed by atoms with Crippen molar-refractivity contribution in [3.05, 3.63) is 78.0 Å². The lowest BCUT2D eigenvalue weighted by atomic mass is 10.1. The molecule has 0 saturated heterocycles. The molecule has 5 nitrogen and oxygen atoms in total. The number of benzene rings is 2. The lowest BCUT2D eigenvalue weighted by molar-refractivity contribution is -0.137. The summed E-state index contributed by atoms with van der Waals surface area (Å²) >= 11 is 0. The van der Waals surface area contributed by atoms with E-state index in [0.717, 1.165) is 18.2 Å². The summed E-state index contributed by atoms with van der Waals surface area (Å²) in [6.45, 7) is 0. The predicted octanol–water partition coefficient (Wildman–Crippen LogP) is 5.13. The van der Waals surface area contributed by atoms with Crippen LogP contribution >= 0.6 is 0 Å². The number of pyridine rings is 1. The Balaban J connectivity index is 1.59. The van der Waals surface area contributed by atoms with Gasteiger partial charge in [-0.25, -0.2) is 9.78 Å². The van der Waals surface area contributed by atoms with E-state index in [-0.39, 0.29) is 11.3 Å². The molecule has 0 aliphatic heterocycles. The van der Waals surface area contributed by atoms with Crippen molar-refractivity contribution < 1.29 is 27.1 Å². The van der Waals surface area contributed by atoms with Crippen molar-refractivity contribution in [2.24, 2.45) is 0 Å². The number of carbonyl (C=O) groups is 1. The molecule has 2 heterocycles. The summed E-state index contributed by atoms with van der Waals surface area (Å²) in [5, 5.41) is 0. The summed E-state index contributed by atoms with van der Waals surface area (Å²) in [5.41, 5.74) is 0.296. The summed E-state index contributed by atoms with van der Waals surface area (Å²) in [6, 6.07) is 13.8. The maximum Gasteiger partial charge on any atom is 0.416 e. The summed E-state index contributed by atoms with van der Waals surface area (Å²) in [7, 11) is 0. The van der Waals surface area contributed by atoms with Crippen molar-refractivity contribution in [3.8, 4) is 17.3 Å². The van der Waals surface area contributed by atoms with Gasteiger partial charge >= 0.3 is 12.1 Å². The van der Waals surface area contributed by atoms with Crippen molar-refractivity contribution in [1.82, 2.24) is 9.97 Å². The first-order chi connectivity index (χ1) is 13.4. The van der Waals surface area contributed by atoms with E-state index >= 15 is 0 Å². The maximum atomic E-state index is 12.8. The summed E-state index contributed by atoms with van der Waals surface area (Å²) < 4.78 is 49.2. The number of hydrogen-bond donors (Lipinski definition) is 0. The monoisotopic (exact) mass is 384 g/mol. The minimum atomic E-state index is -4.54. The zero-order valence-electron chi connectivity index (χ0n) is 14.1. The molecule has 0 aliphatic carbocycles. The quantitative estimate of drug-likeness (QED) is 0.362. The van der Waals surface area contributed by atoms with Gasteiger partial charge in [-0.05, 0) is 42.5 Å². The summed E-state index contributed by atoms with van der Waals surface area (Å²) in [6.07, 6.45) is -2.94. The van der Waals surface area contributed by atoms with Gasteiger partial charge in [-0.1, -0.05) is 12.1 Å². The SMILES string of the molecule is O=C(Oc1ccc2nc(-c3ccccn3)oc2c1)c1cccc(C(F)(F)F)c1. The fourth-order valence-electron chi connectivity index (χ4n) is 2.56. The molecule has 4 rings (SSSR count). The van der Waals surface area contributed by atoms with E-state index in [0.29, 0.717) is 22.7 Å². The molecule has 0 aliphatic rings. The first-order valence-corrected chi connectivity index (χ1v) is 8.11. The largest absolute Gasteiger partial charge is 0.435 e. The second-order valence-electron chi connectivity index (χ2n) is 5.83. The van der Waals surface area contributed by atoms with Crippen molar-refractivity contribution >= 4 is 17.1 Å². The van der Waals surface area contributed by atoms with Crippen molar-refractivity contribution in [2.45, 2.75) is 6.18 Å². The third-order valence-electron chi connectivity index (χ3n) is 3.88. The highest BCUT2D eigenvalue weighted by Crippen LogP contribution is 2.30. The lowest BCUT2D eigenvalue weighted by Gasteiger charge is -2.08. The molecule has 8 heteroatoms. The number of fused-ring (bicyclic) bond motifs is 1. The molecule has 0 atom stereocenters. The molecule has 2 aromatic heterocycles. The minimum absolute atomic E-state index is 0.124. The molecule has 0 N–H and O–H groups in total. The molecule has 0 saturated carbocycles. The van der Waals surface area contributed by atoms with Gasteiger partial charge in [-0.2, -0.15) is 13.2 Å². The second kappa shape index (κ2) is 6.80. The zero-order chi connectivity index (χ0) is 19.7. The Morgan fingerprint density at radius 3 is 2.61 bits per heavy atom. The molecule has 0 unspecified atom stereocenters. The Labute approximate surface area is 156 Å². The average Bonchev–Trinajstić information content (AvgIpc) is 3.11. The van der Waals surface area contributed by atoms with Gasteiger partial charge in [0.1, 0.15) is 17.0 Å². The van der Waals surface area contributed by atoms with Gasteiger partial charge in [0, 0.05) is 12.3 Å². The second-order valence-corrected chi connectivity index (χ2v) is 5.83. The normalized spacial score (nSPS) is 11.5. The van der Waals surface area contributed by atoms with Gasteiger partial charge in [0.25, 0.3) is 0 Å². The number of alkyl halides is 3. The van der Waals surface area contributed by atoms with Gasteiger partial charge in [0.2, 0.25) is 5.89 Å². The number of esters is 1. The van der Waals surface area contributed by atoms with Crippen LogP contribution in [0.4, 0.5) is 13.2 Å². The first kappa shape index (κ1) is 17.7. The van der Waals surface area contributed by atoms with Crippen molar-refractivity contribution in [2.75, 3.05) is 0 Å². The highest BCUT2D eigenvalue weighted by molar-refractivity contribution is 5.91. The third-order valence-corrected chi connectivity index (χ3v) is 3.88. The van der Waals surface area contributed by atoms with Crippen LogP contribution in [-0.4, -0.2) is 15.9 Å². The molecular formula is C20H11F3N2O3. The smallest absolute Gasteiger partial charge is 0.416 e. The van der Waals surface area contributed by atoms with Crippen molar-refractivity contribution in [1.29, 1.82) is 0 Å². The van der Waals surface area contributed by atoms with Crippen LogP contribution < -0.4 is 4.74 Å². The zero-order valence-corrected chi connectivity index (χ0v) is 14.1. The van der Waals surface area contributed by atoms with Gasteiger partial charge in [0.15, 0.2) is 5.58 Å². The Morgan fingerprint density at radius 1 is 1.00 bits per heavy atom. The van der Waals surface area contributed by atoms with Gasteiger partial charge < -0.3 is 9.15 Å². The third kappa shape index (κ3) is 3.57. The van der Waals surface area contributed by atoms with Gasteiger partial charge in [-0.15, -0.1) is 0 Å². The average molecular weight is 384 g/mol. The van der Waals surface area contributed by atoms with E-state index < -0.39 is 17.7 Å². The van der Waals surface area contributed by atoms with E-state index in [1.807, 2.05) is 0 Å². The maximum absolute atomic E-state index is 12.8. The molecule has 0 fully saturated rings. The number of aromatic nitrogens is 2. The van der Waals surface area contributed by atoms with E-state index in [1.54, 1.807) is 30.5 Å². The first-order valence-electron chi connectivity index (χ1n) is 8.11. The van der Waals surface area contributed by atoms with Crippen LogP contribution in [0.3, 0.4) is 0 Å². The van der Waals surface area contributed by atoms with Crippen LogP contribution in [0.1, 0.15) is 15.9 Å². The van der Waals surface area contributed by atoms with Crippen LogP contribution in [0.2, 0.25) is 0 Å². The Hall–Kier alpha value is -3.68. The van der Waals surface area contributed by atoms with E-state index in [1.165, 1.54) is 18.2 Å². The highest BCUT2D eigenvalue weighted by Gasteiger charge is 2.31. The number of rotatable bonds is 3. The molecule has 0 bridgehead atoms. The number of hydrogen-bond acceptors (Lipinski definition) is 5. The molecular weight excluding hydrogens is 373 g/mol. The predicted molar refractivity (Wildman–Crippen MR) is 93.6 cm³/mol. The number of oxazole rings is 1. The van der Waals surface area contributed by atoms with Crippen molar-refractivity contribution in [3.63, 3.8) is 0 Å². The Morgan fingerprint density at radius 2 is 1.86 bits per heavy atom. The van der Waals surface area contributed by atoms with Gasteiger partial charge in [0.05, 0.1) is 11.1 Å². The topological polar surface area (TPSA) is 65.2 Å². The van der Waals surface area contributed by atoms with Crippen LogP contribution in [0, 0.1) is 0 Å². The van der Waals surface area contributed by atoms with E-state index in [2.05, 4.69) is 9.97 Å². The summed E-state index contributed by atoms with van der Waals surface area (Å²) in [5.74, 6) is -0.481. The van der Waals surface area contributed by atoms with Crippen LogP contribution in [0.25, 0.3) is 22.7 Å². The highest BCUT2D eigenvalue weighted by atomic mass is 19.4. The molecule has 2 aromatic carbocycles. The molecule has 28 heavy (non-hydrogen) atoms. The Bertz CT molecular complexity index is 1150. The van der Waals surface area contributed by atoms with Crippen LogP contribution in [-0.2, 0) is 6.18 Å². The summed E-state index contributed by atoms with van der Waals surface area (Å²) in [4.78, 5) is 20.7. The number of nitrogens with zero attached hydrogens (tertiary/aromatic N) is 2. The van der Waals surface area contributed by atoms with E-state index in [9.17, 15) is 18.0 Å². The fourth-order valence-corrected chi connectivity index (χ4v) is 2.56. The molecule has 0 radical (unpaired) electrons. The number of ether oxygens (including phenoxy) is 1. The number of halogens is 3. The molecule has 4 aromatic rings. The number of carbonyl (C=O) groups excluding carboxylic acids is 1. The standard InChI is InChI=1S/C20H11F3N2O3/c21-20(22,23)13-5-3-4-12(10-13)19(26)27-14-7-8-15-17(11-14)28-18(25-15)16-6-1-2-9-24-16/h1-11H. The van der Waals surface area contributed by atoms with Crippen LogP contribution in [0.15, 0.2) is 71.3 Å². The molecule has 140 valence electrons. The van der Waals surface area contributed by atoms with E-state index in [4.69, 9.17) is 9.15 Å². The van der Waals surface area contributed by atoms with Gasteiger partial charge in [-0.3, -0.25) is 4.98 Å². The lowest BCUT2D eigenvalue weighted by Crippen LogP contribution is -2.11.